The zero-order valence-corrected chi connectivity index (χ0v) is 12.8. The second kappa shape index (κ2) is 8.01. The standard InChI is InChI=1S/C18H26O2/c1-15(10-8-14-18(2,3)20)9-7-13-17(19)16-11-5-4-6-12-16/h4-7,11-13,15,20H,8-10,14H2,1-3H3/t15-/m0/s1. The average Bonchev–Trinajstić information content (AvgIpc) is 2.38. The van der Waals surface area contributed by atoms with Gasteiger partial charge in [-0.15, -0.1) is 0 Å². The molecule has 0 bridgehead atoms. The van der Waals surface area contributed by atoms with Gasteiger partial charge in [0.15, 0.2) is 5.78 Å². The Labute approximate surface area is 122 Å². The number of benzene rings is 1. The molecular formula is C18H26O2. The van der Waals surface area contributed by atoms with Crippen molar-refractivity contribution in [2.45, 2.75) is 52.1 Å². The minimum absolute atomic E-state index is 0.0642. The number of carbonyl (C=O) groups excluding carboxylic acids is 1. The topological polar surface area (TPSA) is 37.3 Å². The van der Waals surface area contributed by atoms with Gasteiger partial charge < -0.3 is 5.11 Å². The molecule has 0 aromatic heterocycles. The van der Waals surface area contributed by atoms with Crippen molar-refractivity contribution >= 4 is 5.78 Å². The van der Waals surface area contributed by atoms with Crippen molar-refractivity contribution in [3.05, 3.63) is 48.0 Å². The highest BCUT2D eigenvalue weighted by Crippen LogP contribution is 2.18. The van der Waals surface area contributed by atoms with Gasteiger partial charge in [-0.25, -0.2) is 0 Å². The van der Waals surface area contributed by atoms with Crippen LogP contribution < -0.4 is 0 Å². The van der Waals surface area contributed by atoms with Gasteiger partial charge in [0.1, 0.15) is 0 Å². The second-order valence-electron chi connectivity index (χ2n) is 6.18. The van der Waals surface area contributed by atoms with Crippen molar-refractivity contribution in [2.75, 3.05) is 0 Å². The Balaban J connectivity index is 2.28. The highest BCUT2D eigenvalue weighted by molar-refractivity contribution is 6.04. The lowest BCUT2D eigenvalue weighted by Gasteiger charge is -2.17. The Morgan fingerprint density at radius 3 is 2.55 bits per heavy atom. The summed E-state index contributed by atoms with van der Waals surface area (Å²) in [5, 5.41) is 9.65. The highest BCUT2D eigenvalue weighted by Gasteiger charge is 2.12. The van der Waals surface area contributed by atoms with E-state index < -0.39 is 5.60 Å². The molecule has 20 heavy (non-hydrogen) atoms. The fourth-order valence-corrected chi connectivity index (χ4v) is 2.11. The Morgan fingerprint density at radius 2 is 1.95 bits per heavy atom. The van der Waals surface area contributed by atoms with Gasteiger partial charge in [0.2, 0.25) is 0 Å². The number of aliphatic hydroxyl groups is 1. The molecule has 0 heterocycles. The highest BCUT2D eigenvalue weighted by atomic mass is 16.3. The summed E-state index contributed by atoms with van der Waals surface area (Å²) in [5.41, 5.74) is 0.164. The lowest BCUT2D eigenvalue weighted by molar-refractivity contribution is 0.0670. The summed E-state index contributed by atoms with van der Waals surface area (Å²) in [6, 6.07) is 9.32. The molecule has 1 rings (SSSR count). The number of rotatable bonds is 8. The van der Waals surface area contributed by atoms with E-state index in [-0.39, 0.29) is 5.78 Å². The smallest absolute Gasteiger partial charge is 0.185 e. The number of carbonyl (C=O) groups is 1. The first kappa shape index (κ1) is 16.6. The van der Waals surface area contributed by atoms with Gasteiger partial charge in [-0.1, -0.05) is 56.2 Å². The average molecular weight is 274 g/mol. The van der Waals surface area contributed by atoms with Crippen LogP contribution in [0.3, 0.4) is 0 Å². The molecule has 0 amide bonds. The lowest BCUT2D eigenvalue weighted by atomic mass is 9.95. The van der Waals surface area contributed by atoms with Crippen LogP contribution in [0.2, 0.25) is 0 Å². The van der Waals surface area contributed by atoms with E-state index in [9.17, 15) is 9.90 Å². The van der Waals surface area contributed by atoms with E-state index in [0.717, 1.165) is 31.2 Å². The van der Waals surface area contributed by atoms with Crippen LogP contribution in [-0.2, 0) is 0 Å². The molecular weight excluding hydrogens is 248 g/mol. The molecule has 0 spiro atoms. The molecule has 2 nitrogen and oxygen atoms in total. The van der Waals surface area contributed by atoms with Crippen molar-refractivity contribution < 1.29 is 9.90 Å². The van der Waals surface area contributed by atoms with Crippen molar-refractivity contribution in [1.29, 1.82) is 0 Å². The fraction of sp³-hybridized carbons (Fsp3) is 0.500. The maximum Gasteiger partial charge on any atom is 0.185 e. The summed E-state index contributed by atoms with van der Waals surface area (Å²) in [5.74, 6) is 0.603. The maximum absolute atomic E-state index is 11.9. The van der Waals surface area contributed by atoms with Gasteiger partial charge >= 0.3 is 0 Å². The van der Waals surface area contributed by atoms with Crippen LogP contribution in [0.4, 0.5) is 0 Å². The number of hydrogen-bond acceptors (Lipinski definition) is 2. The quantitative estimate of drug-likeness (QED) is 0.564. The molecule has 0 radical (unpaired) electrons. The van der Waals surface area contributed by atoms with Gasteiger partial charge in [0, 0.05) is 5.56 Å². The third kappa shape index (κ3) is 7.25. The molecule has 0 saturated heterocycles. The molecule has 110 valence electrons. The van der Waals surface area contributed by atoms with Gasteiger partial charge in [-0.3, -0.25) is 4.79 Å². The van der Waals surface area contributed by atoms with E-state index in [1.165, 1.54) is 0 Å². The summed E-state index contributed by atoms with van der Waals surface area (Å²) in [7, 11) is 0. The first-order valence-electron chi connectivity index (χ1n) is 7.37. The first-order valence-corrected chi connectivity index (χ1v) is 7.37. The third-order valence-corrected chi connectivity index (χ3v) is 3.35. The van der Waals surface area contributed by atoms with Gasteiger partial charge in [-0.05, 0) is 38.7 Å². The summed E-state index contributed by atoms with van der Waals surface area (Å²) >= 11 is 0. The van der Waals surface area contributed by atoms with Crippen LogP contribution in [0.15, 0.2) is 42.5 Å². The van der Waals surface area contributed by atoms with E-state index in [1.54, 1.807) is 6.08 Å². The predicted octanol–water partition coefficient (Wildman–Crippen LogP) is 4.39. The molecule has 2 heteroatoms. The molecule has 1 aromatic carbocycles. The zero-order valence-electron chi connectivity index (χ0n) is 12.8. The molecule has 0 aliphatic heterocycles. The largest absolute Gasteiger partial charge is 0.390 e. The second-order valence-corrected chi connectivity index (χ2v) is 6.18. The van der Waals surface area contributed by atoms with Crippen molar-refractivity contribution in [1.82, 2.24) is 0 Å². The monoisotopic (exact) mass is 274 g/mol. The maximum atomic E-state index is 11.9. The Bertz CT molecular complexity index is 426. The van der Waals surface area contributed by atoms with E-state index in [2.05, 4.69) is 6.92 Å². The summed E-state index contributed by atoms with van der Waals surface area (Å²) in [6.07, 6.45) is 7.46. The predicted molar refractivity (Wildman–Crippen MR) is 83.8 cm³/mol. The van der Waals surface area contributed by atoms with Crippen LogP contribution in [0.1, 0.15) is 56.8 Å². The van der Waals surface area contributed by atoms with E-state index in [4.69, 9.17) is 0 Å². The van der Waals surface area contributed by atoms with E-state index in [0.29, 0.717) is 5.92 Å². The molecule has 1 aromatic rings. The minimum atomic E-state index is -0.571. The molecule has 0 aliphatic carbocycles. The molecule has 0 aliphatic rings. The van der Waals surface area contributed by atoms with Gasteiger partial charge in [0.25, 0.3) is 0 Å². The summed E-state index contributed by atoms with van der Waals surface area (Å²) < 4.78 is 0. The SMILES string of the molecule is C[C@@H](CC=CC(=O)c1ccccc1)CCCC(C)(C)O. The molecule has 0 saturated carbocycles. The Hall–Kier alpha value is -1.41. The van der Waals surface area contributed by atoms with Crippen LogP contribution in [-0.4, -0.2) is 16.5 Å². The number of allylic oxidation sites excluding steroid dienone is 2. The Kier molecular flexibility index (Phi) is 6.66. The van der Waals surface area contributed by atoms with Crippen LogP contribution in [0.25, 0.3) is 0 Å². The number of hydrogen-bond donors (Lipinski definition) is 1. The first-order chi connectivity index (χ1) is 9.38. The van der Waals surface area contributed by atoms with Crippen LogP contribution >= 0.6 is 0 Å². The molecule has 0 unspecified atom stereocenters. The Morgan fingerprint density at radius 1 is 1.30 bits per heavy atom. The zero-order chi connectivity index (χ0) is 15.0. The molecule has 1 N–H and O–H groups in total. The van der Waals surface area contributed by atoms with E-state index >= 15 is 0 Å². The van der Waals surface area contributed by atoms with Gasteiger partial charge in [0.05, 0.1) is 5.60 Å². The molecule has 1 atom stereocenters. The fourth-order valence-electron chi connectivity index (χ4n) is 2.11. The van der Waals surface area contributed by atoms with Crippen LogP contribution in [0, 0.1) is 5.92 Å². The van der Waals surface area contributed by atoms with E-state index in [1.807, 2.05) is 50.3 Å². The summed E-state index contributed by atoms with van der Waals surface area (Å²) in [6.45, 7) is 5.87. The van der Waals surface area contributed by atoms with Gasteiger partial charge in [-0.2, -0.15) is 0 Å². The van der Waals surface area contributed by atoms with Crippen molar-refractivity contribution in [2.24, 2.45) is 5.92 Å². The minimum Gasteiger partial charge on any atom is -0.390 e. The number of ketones is 1. The molecule has 0 fully saturated rings. The normalized spacial score (nSPS) is 13.6. The third-order valence-electron chi connectivity index (χ3n) is 3.35. The lowest BCUT2D eigenvalue weighted by Crippen LogP contribution is -2.18. The van der Waals surface area contributed by atoms with Crippen molar-refractivity contribution in [3.8, 4) is 0 Å². The summed E-state index contributed by atoms with van der Waals surface area (Å²) in [4.78, 5) is 11.9. The van der Waals surface area contributed by atoms with Crippen LogP contribution in [0.5, 0.6) is 0 Å². The van der Waals surface area contributed by atoms with Crippen molar-refractivity contribution in [3.63, 3.8) is 0 Å².